The molecule has 1 aromatic carbocycles. The second-order valence-electron chi connectivity index (χ2n) is 7.01. The van der Waals surface area contributed by atoms with Crippen molar-refractivity contribution in [3.8, 4) is 11.8 Å². The molecule has 29 heavy (non-hydrogen) atoms. The number of nitrogens with one attached hydrogen (secondary N) is 1. The number of anilines is 1. The van der Waals surface area contributed by atoms with Crippen LogP contribution in [0.25, 0.3) is 5.69 Å². The van der Waals surface area contributed by atoms with Crippen molar-refractivity contribution in [2.45, 2.75) is 34.3 Å². The zero-order chi connectivity index (χ0) is 21.0. The lowest BCUT2D eigenvalue weighted by atomic mass is 10.1. The summed E-state index contributed by atoms with van der Waals surface area (Å²) >= 11 is 0. The average molecular weight is 387 g/mol. The molecule has 0 fully saturated rings. The van der Waals surface area contributed by atoms with Gasteiger partial charge in [0, 0.05) is 41.0 Å². The summed E-state index contributed by atoms with van der Waals surface area (Å²) in [6, 6.07) is 14.4. The lowest BCUT2D eigenvalue weighted by molar-refractivity contribution is 0.184. The largest absolute Gasteiger partial charge is 0.380 e. The molecule has 2 heterocycles. The van der Waals surface area contributed by atoms with Crippen LogP contribution in [-0.2, 0) is 11.3 Å². The number of nitrogens with zero attached hydrogens (tertiary/aromatic N) is 4. The molecule has 0 aliphatic heterocycles. The van der Waals surface area contributed by atoms with Crippen LogP contribution in [0.15, 0.2) is 41.5 Å². The van der Waals surface area contributed by atoms with Crippen LogP contribution in [0.1, 0.15) is 39.3 Å². The normalized spacial score (nSPS) is 11.0. The molecule has 0 unspecified atom stereocenters. The quantitative estimate of drug-likeness (QED) is 0.497. The van der Waals surface area contributed by atoms with Crippen LogP contribution in [0.5, 0.6) is 0 Å². The number of methoxy groups -OCH3 is 1. The number of pyridine rings is 1. The van der Waals surface area contributed by atoms with Crippen LogP contribution in [-0.4, -0.2) is 22.9 Å². The molecular formula is C23H25N5O. The van der Waals surface area contributed by atoms with Crippen LogP contribution >= 0.6 is 0 Å². The van der Waals surface area contributed by atoms with Crippen LogP contribution < -0.4 is 5.43 Å². The van der Waals surface area contributed by atoms with E-state index >= 15 is 0 Å². The molecule has 2 aromatic heterocycles. The summed E-state index contributed by atoms with van der Waals surface area (Å²) in [4.78, 5) is 4.41. The number of hydrogen-bond donors (Lipinski definition) is 1. The zero-order valence-electron chi connectivity index (χ0n) is 17.4. The highest BCUT2D eigenvalue weighted by molar-refractivity contribution is 5.83. The molecule has 6 heteroatoms. The van der Waals surface area contributed by atoms with Gasteiger partial charge in [-0.05, 0) is 51.5 Å². The fourth-order valence-electron chi connectivity index (χ4n) is 3.48. The molecule has 0 aliphatic rings. The predicted octanol–water partition coefficient (Wildman–Crippen LogP) is 4.57. The maximum absolute atomic E-state index is 9.53. The van der Waals surface area contributed by atoms with Crippen molar-refractivity contribution in [3.05, 3.63) is 75.7 Å². The van der Waals surface area contributed by atoms with E-state index in [2.05, 4.69) is 65.1 Å². The summed E-state index contributed by atoms with van der Waals surface area (Å²) in [5, 5.41) is 13.9. The molecule has 0 spiro atoms. The molecule has 148 valence electrons. The van der Waals surface area contributed by atoms with Gasteiger partial charge in [0.25, 0.3) is 0 Å². The number of benzene rings is 1. The highest BCUT2D eigenvalue weighted by Gasteiger charge is 2.12. The molecule has 0 saturated heterocycles. The number of ether oxygens (including phenoxy) is 1. The van der Waals surface area contributed by atoms with Gasteiger partial charge in [0.15, 0.2) is 5.82 Å². The Morgan fingerprint density at radius 3 is 2.66 bits per heavy atom. The van der Waals surface area contributed by atoms with Gasteiger partial charge in [-0.1, -0.05) is 18.2 Å². The second kappa shape index (κ2) is 8.72. The van der Waals surface area contributed by atoms with Crippen molar-refractivity contribution >= 4 is 12.0 Å². The van der Waals surface area contributed by atoms with Crippen LogP contribution in [0.2, 0.25) is 0 Å². The topological polar surface area (TPSA) is 75.2 Å². The average Bonchev–Trinajstić information content (AvgIpc) is 2.96. The Kier molecular flexibility index (Phi) is 6.10. The van der Waals surface area contributed by atoms with Crippen LogP contribution in [0.4, 0.5) is 5.82 Å². The SMILES string of the molecule is COCc1cc(C)nc(N/N=C\c2cc(C)n(-c3ccccc3C)c2C)c1C#N. The van der Waals surface area contributed by atoms with Crippen molar-refractivity contribution in [2.24, 2.45) is 5.10 Å². The maximum Gasteiger partial charge on any atom is 0.164 e. The summed E-state index contributed by atoms with van der Waals surface area (Å²) in [7, 11) is 1.60. The highest BCUT2D eigenvalue weighted by atomic mass is 16.5. The first-order valence-electron chi connectivity index (χ1n) is 9.39. The lowest BCUT2D eigenvalue weighted by Crippen LogP contribution is -2.04. The molecule has 0 amide bonds. The van der Waals surface area contributed by atoms with Gasteiger partial charge in [-0.25, -0.2) is 4.98 Å². The number of nitriles is 1. The minimum absolute atomic E-state index is 0.349. The Labute approximate surface area is 171 Å². The smallest absolute Gasteiger partial charge is 0.164 e. The Balaban J connectivity index is 1.90. The van der Waals surface area contributed by atoms with Gasteiger partial charge >= 0.3 is 0 Å². The molecule has 3 rings (SSSR count). The van der Waals surface area contributed by atoms with Crippen molar-refractivity contribution in [1.82, 2.24) is 9.55 Å². The molecule has 3 aromatic rings. The zero-order valence-corrected chi connectivity index (χ0v) is 17.4. The first kappa shape index (κ1) is 20.3. The first-order chi connectivity index (χ1) is 14.0. The molecule has 1 N–H and O–H groups in total. The van der Waals surface area contributed by atoms with Crippen LogP contribution in [0, 0.1) is 39.0 Å². The predicted molar refractivity (Wildman–Crippen MR) is 116 cm³/mol. The van der Waals surface area contributed by atoms with Crippen molar-refractivity contribution in [1.29, 1.82) is 5.26 Å². The van der Waals surface area contributed by atoms with Crippen molar-refractivity contribution in [2.75, 3.05) is 12.5 Å². The summed E-state index contributed by atoms with van der Waals surface area (Å²) in [6.45, 7) is 8.49. The van der Waals surface area contributed by atoms with Crippen molar-refractivity contribution in [3.63, 3.8) is 0 Å². The second-order valence-corrected chi connectivity index (χ2v) is 7.01. The van der Waals surface area contributed by atoms with E-state index in [4.69, 9.17) is 4.74 Å². The molecule has 0 aliphatic carbocycles. The number of hydrazone groups is 1. The summed E-state index contributed by atoms with van der Waals surface area (Å²) in [6.07, 6.45) is 1.76. The summed E-state index contributed by atoms with van der Waals surface area (Å²) < 4.78 is 7.41. The number of para-hydroxylation sites is 1. The minimum Gasteiger partial charge on any atom is -0.380 e. The van der Waals surface area contributed by atoms with Crippen LogP contribution in [0.3, 0.4) is 0 Å². The molecule has 0 saturated carbocycles. The Hall–Kier alpha value is -3.43. The van der Waals surface area contributed by atoms with E-state index in [1.165, 1.54) is 5.56 Å². The minimum atomic E-state index is 0.349. The first-order valence-corrected chi connectivity index (χ1v) is 9.39. The van der Waals surface area contributed by atoms with Gasteiger partial charge in [0.05, 0.1) is 12.8 Å². The van der Waals surface area contributed by atoms with Gasteiger partial charge in [-0.2, -0.15) is 10.4 Å². The lowest BCUT2D eigenvalue weighted by Gasteiger charge is -2.12. The summed E-state index contributed by atoms with van der Waals surface area (Å²) in [5.74, 6) is 0.434. The molecule has 0 radical (unpaired) electrons. The van der Waals surface area contributed by atoms with E-state index in [1.807, 2.05) is 25.1 Å². The Morgan fingerprint density at radius 2 is 1.97 bits per heavy atom. The monoisotopic (exact) mass is 387 g/mol. The number of hydrogen-bond acceptors (Lipinski definition) is 5. The Bertz CT molecular complexity index is 1110. The number of aromatic nitrogens is 2. The number of aryl methyl sites for hydroxylation is 3. The van der Waals surface area contributed by atoms with Gasteiger partial charge in [-0.3, -0.25) is 5.43 Å². The third-order valence-corrected chi connectivity index (χ3v) is 4.84. The fourth-order valence-corrected chi connectivity index (χ4v) is 3.48. The fraction of sp³-hybridized carbons (Fsp3) is 0.261. The molecule has 6 nitrogen and oxygen atoms in total. The van der Waals surface area contributed by atoms with E-state index in [9.17, 15) is 5.26 Å². The molecule has 0 bridgehead atoms. The number of rotatable bonds is 6. The molecular weight excluding hydrogens is 362 g/mol. The molecule has 0 atom stereocenters. The van der Waals surface area contributed by atoms with E-state index in [0.717, 1.165) is 33.9 Å². The van der Waals surface area contributed by atoms with Gasteiger partial charge < -0.3 is 9.30 Å². The Morgan fingerprint density at radius 1 is 1.21 bits per heavy atom. The summed E-state index contributed by atoms with van der Waals surface area (Å²) in [5.41, 5.74) is 10.6. The van der Waals surface area contributed by atoms with Gasteiger partial charge in [-0.15, -0.1) is 0 Å². The van der Waals surface area contributed by atoms with E-state index in [-0.39, 0.29) is 0 Å². The van der Waals surface area contributed by atoms with E-state index < -0.39 is 0 Å². The third kappa shape index (κ3) is 4.20. The maximum atomic E-state index is 9.53. The third-order valence-electron chi connectivity index (χ3n) is 4.84. The standard InChI is InChI=1S/C23H25N5O/c1-15-8-6-7-9-22(15)28-17(3)11-19(18(28)4)13-25-27-23-21(12-24)20(14-29-5)10-16(2)26-23/h6-11,13H,14H2,1-5H3,(H,26,27)/b25-13-. The van der Waals surface area contributed by atoms with Gasteiger partial charge in [0.2, 0.25) is 0 Å². The highest BCUT2D eigenvalue weighted by Crippen LogP contribution is 2.23. The van der Waals surface area contributed by atoms with Crippen molar-refractivity contribution < 1.29 is 4.74 Å². The van der Waals surface area contributed by atoms with E-state index in [0.29, 0.717) is 18.0 Å². The van der Waals surface area contributed by atoms with E-state index in [1.54, 1.807) is 13.3 Å². The van der Waals surface area contributed by atoms with Gasteiger partial charge in [0.1, 0.15) is 11.6 Å².